The Morgan fingerprint density at radius 2 is 2.00 bits per heavy atom. The fourth-order valence-electron chi connectivity index (χ4n) is 4.11. The van der Waals surface area contributed by atoms with E-state index in [1.807, 2.05) is 6.92 Å². The Hall–Kier alpha value is -0.610. The molecule has 2 aliphatic rings. The average molecular weight is 282 g/mol. The third-order valence-electron chi connectivity index (χ3n) is 5.16. The second kappa shape index (κ2) is 6.02. The third kappa shape index (κ3) is 3.73. The SMILES string of the molecule is CCN(CC(=O)O)C1CC(NC2CC(C)(C)CC2C)C1. The van der Waals surface area contributed by atoms with Gasteiger partial charge in [0.25, 0.3) is 0 Å². The smallest absolute Gasteiger partial charge is 0.317 e. The molecule has 2 saturated carbocycles. The molecular formula is C16H30N2O2. The number of aliphatic carboxylic acids is 1. The number of carbonyl (C=O) groups is 1. The maximum Gasteiger partial charge on any atom is 0.317 e. The molecule has 0 amide bonds. The summed E-state index contributed by atoms with van der Waals surface area (Å²) in [6.07, 6.45) is 4.78. The van der Waals surface area contributed by atoms with Crippen LogP contribution in [0.15, 0.2) is 0 Å². The van der Waals surface area contributed by atoms with Crippen LogP contribution in [-0.4, -0.2) is 47.2 Å². The summed E-state index contributed by atoms with van der Waals surface area (Å²) in [6, 6.07) is 1.69. The van der Waals surface area contributed by atoms with Gasteiger partial charge in [0.1, 0.15) is 0 Å². The zero-order valence-electron chi connectivity index (χ0n) is 13.4. The molecule has 2 atom stereocenters. The Kier molecular flexibility index (Phi) is 4.75. The molecule has 2 aliphatic carbocycles. The molecule has 0 aromatic heterocycles. The second-order valence-electron chi connectivity index (χ2n) is 7.60. The van der Waals surface area contributed by atoms with E-state index in [-0.39, 0.29) is 6.54 Å². The number of hydrogen-bond acceptors (Lipinski definition) is 3. The van der Waals surface area contributed by atoms with Crippen LogP contribution in [0.1, 0.15) is 53.4 Å². The minimum Gasteiger partial charge on any atom is -0.480 e. The molecular weight excluding hydrogens is 252 g/mol. The molecule has 2 fully saturated rings. The normalized spacial score (nSPS) is 36.0. The molecule has 0 heterocycles. The molecule has 2 N–H and O–H groups in total. The Labute approximate surface area is 122 Å². The Balaban J connectivity index is 1.75. The molecule has 4 heteroatoms. The van der Waals surface area contributed by atoms with Gasteiger partial charge < -0.3 is 10.4 Å². The van der Waals surface area contributed by atoms with Crippen molar-refractivity contribution < 1.29 is 9.90 Å². The predicted molar refractivity (Wildman–Crippen MR) is 80.8 cm³/mol. The van der Waals surface area contributed by atoms with Crippen molar-refractivity contribution in [2.24, 2.45) is 11.3 Å². The lowest BCUT2D eigenvalue weighted by atomic mass is 9.84. The fraction of sp³-hybridized carbons (Fsp3) is 0.938. The van der Waals surface area contributed by atoms with Gasteiger partial charge in [0.15, 0.2) is 0 Å². The van der Waals surface area contributed by atoms with Gasteiger partial charge >= 0.3 is 5.97 Å². The summed E-state index contributed by atoms with van der Waals surface area (Å²) in [7, 11) is 0. The Morgan fingerprint density at radius 3 is 2.45 bits per heavy atom. The van der Waals surface area contributed by atoms with E-state index >= 15 is 0 Å². The van der Waals surface area contributed by atoms with Crippen LogP contribution >= 0.6 is 0 Å². The van der Waals surface area contributed by atoms with Crippen molar-refractivity contribution in [3.63, 3.8) is 0 Å². The van der Waals surface area contributed by atoms with Crippen molar-refractivity contribution in [2.45, 2.75) is 71.5 Å². The summed E-state index contributed by atoms with van der Waals surface area (Å²) in [5, 5.41) is 12.7. The molecule has 0 saturated heterocycles. The van der Waals surface area contributed by atoms with Gasteiger partial charge in [-0.05, 0) is 43.6 Å². The lowest BCUT2D eigenvalue weighted by Gasteiger charge is -2.44. The van der Waals surface area contributed by atoms with E-state index in [2.05, 4.69) is 31.0 Å². The zero-order valence-corrected chi connectivity index (χ0v) is 13.4. The molecule has 116 valence electrons. The summed E-state index contributed by atoms with van der Waals surface area (Å²) in [4.78, 5) is 12.9. The first-order valence-electron chi connectivity index (χ1n) is 8.02. The number of hydrogen-bond donors (Lipinski definition) is 2. The molecule has 2 unspecified atom stereocenters. The number of nitrogens with zero attached hydrogens (tertiary/aromatic N) is 1. The highest BCUT2D eigenvalue weighted by Gasteiger charge is 2.40. The third-order valence-corrected chi connectivity index (χ3v) is 5.16. The lowest BCUT2D eigenvalue weighted by Crippen LogP contribution is -2.56. The van der Waals surface area contributed by atoms with Gasteiger partial charge in [0.2, 0.25) is 0 Å². The van der Waals surface area contributed by atoms with E-state index in [0.717, 1.165) is 25.3 Å². The van der Waals surface area contributed by atoms with Gasteiger partial charge in [-0.1, -0.05) is 27.7 Å². The van der Waals surface area contributed by atoms with Crippen LogP contribution in [0.4, 0.5) is 0 Å². The second-order valence-corrected chi connectivity index (χ2v) is 7.60. The first-order chi connectivity index (χ1) is 9.30. The molecule has 4 nitrogen and oxygen atoms in total. The maximum atomic E-state index is 10.8. The fourth-order valence-corrected chi connectivity index (χ4v) is 4.11. The highest BCUT2D eigenvalue weighted by Crippen LogP contribution is 2.41. The highest BCUT2D eigenvalue weighted by molar-refractivity contribution is 5.69. The van der Waals surface area contributed by atoms with Crippen LogP contribution in [0.2, 0.25) is 0 Å². The average Bonchev–Trinajstić information content (AvgIpc) is 2.53. The quantitative estimate of drug-likeness (QED) is 0.785. The van der Waals surface area contributed by atoms with E-state index in [0.29, 0.717) is 23.5 Å². The molecule has 2 rings (SSSR count). The summed E-state index contributed by atoms with van der Waals surface area (Å²) < 4.78 is 0. The van der Waals surface area contributed by atoms with Crippen molar-refractivity contribution in [1.82, 2.24) is 10.2 Å². The van der Waals surface area contributed by atoms with Crippen LogP contribution in [0.25, 0.3) is 0 Å². The van der Waals surface area contributed by atoms with Gasteiger partial charge in [0, 0.05) is 18.1 Å². The molecule has 0 aromatic rings. The molecule has 20 heavy (non-hydrogen) atoms. The van der Waals surface area contributed by atoms with E-state index in [1.165, 1.54) is 12.8 Å². The van der Waals surface area contributed by atoms with Crippen LogP contribution in [-0.2, 0) is 4.79 Å². The number of nitrogens with one attached hydrogen (secondary N) is 1. The predicted octanol–water partition coefficient (Wildman–Crippen LogP) is 2.34. The van der Waals surface area contributed by atoms with E-state index in [4.69, 9.17) is 5.11 Å². The van der Waals surface area contributed by atoms with E-state index in [9.17, 15) is 4.79 Å². The highest BCUT2D eigenvalue weighted by atomic mass is 16.4. The standard InChI is InChI=1S/C16H30N2O2/c1-5-18(10-15(19)20)13-6-12(7-13)17-14-9-16(3,4)8-11(14)2/h11-14,17H,5-10H2,1-4H3,(H,19,20). The van der Waals surface area contributed by atoms with E-state index < -0.39 is 5.97 Å². The summed E-state index contributed by atoms with van der Waals surface area (Å²) >= 11 is 0. The number of carboxylic acid groups (broad SMARTS) is 1. The molecule has 0 spiro atoms. The lowest BCUT2D eigenvalue weighted by molar-refractivity contribution is -0.139. The largest absolute Gasteiger partial charge is 0.480 e. The number of rotatable bonds is 6. The van der Waals surface area contributed by atoms with Gasteiger partial charge in [-0.3, -0.25) is 9.69 Å². The van der Waals surface area contributed by atoms with Gasteiger partial charge in [-0.15, -0.1) is 0 Å². The van der Waals surface area contributed by atoms with Crippen molar-refractivity contribution in [1.29, 1.82) is 0 Å². The Bertz CT molecular complexity index is 350. The van der Waals surface area contributed by atoms with Crippen LogP contribution in [0.3, 0.4) is 0 Å². The van der Waals surface area contributed by atoms with Crippen LogP contribution in [0.5, 0.6) is 0 Å². The minimum atomic E-state index is -0.713. The number of likely N-dealkylation sites (N-methyl/N-ethyl adjacent to an activating group) is 1. The van der Waals surface area contributed by atoms with Crippen molar-refractivity contribution in [3.05, 3.63) is 0 Å². The van der Waals surface area contributed by atoms with Crippen LogP contribution in [0, 0.1) is 11.3 Å². The molecule has 0 aromatic carbocycles. The monoisotopic (exact) mass is 282 g/mol. The summed E-state index contributed by atoms with van der Waals surface area (Å²) in [6.45, 7) is 10.1. The van der Waals surface area contributed by atoms with Gasteiger partial charge in [-0.2, -0.15) is 0 Å². The van der Waals surface area contributed by atoms with Crippen molar-refractivity contribution >= 4 is 5.97 Å². The summed E-state index contributed by atoms with van der Waals surface area (Å²) in [5.41, 5.74) is 0.471. The molecule has 0 radical (unpaired) electrons. The molecule has 0 aliphatic heterocycles. The topological polar surface area (TPSA) is 52.6 Å². The number of carboxylic acids is 1. The van der Waals surface area contributed by atoms with E-state index in [1.54, 1.807) is 0 Å². The van der Waals surface area contributed by atoms with Crippen molar-refractivity contribution in [2.75, 3.05) is 13.1 Å². The first-order valence-corrected chi connectivity index (χ1v) is 8.02. The first kappa shape index (κ1) is 15.8. The maximum absolute atomic E-state index is 10.8. The summed E-state index contributed by atoms with van der Waals surface area (Å²) in [5.74, 6) is 0.0415. The minimum absolute atomic E-state index is 0.181. The van der Waals surface area contributed by atoms with Crippen LogP contribution < -0.4 is 5.32 Å². The van der Waals surface area contributed by atoms with Gasteiger partial charge in [0.05, 0.1) is 6.54 Å². The van der Waals surface area contributed by atoms with Crippen molar-refractivity contribution in [3.8, 4) is 0 Å². The Morgan fingerprint density at radius 1 is 1.35 bits per heavy atom. The molecule has 0 bridgehead atoms. The van der Waals surface area contributed by atoms with Gasteiger partial charge in [-0.25, -0.2) is 0 Å². The zero-order chi connectivity index (χ0) is 14.9.